The van der Waals surface area contributed by atoms with Crippen LogP contribution in [0, 0.1) is 0 Å². The zero-order valence-corrected chi connectivity index (χ0v) is 15.3. The first-order valence-electron chi connectivity index (χ1n) is 8.07. The van der Waals surface area contributed by atoms with Gasteiger partial charge in [0.2, 0.25) is 0 Å². The number of ether oxygens (including phenoxy) is 1. The number of hydrogen-bond acceptors (Lipinski definition) is 5. The Morgan fingerprint density at radius 1 is 1.00 bits per heavy atom. The van der Waals surface area contributed by atoms with E-state index in [1.54, 1.807) is 67.8 Å². The molecule has 0 aromatic heterocycles. The van der Waals surface area contributed by atoms with Crippen LogP contribution in [0.2, 0.25) is 0 Å². The predicted octanol–water partition coefficient (Wildman–Crippen LogP) is 3.95. The number of aliphatic imine (C=N–C) groups is 1. The molecule has 0 radical (unpaired) electrons. The first kappa shape index (κ1) is 18.5. The van der Waals surface area contributed by atoms with E-state index < -0.39 is 10.0 Å². The van der Waals surface area contributed by atoms with Gasteiger partial charge in [-0.15, -0.1) is 0 Å². The Balaban J connectivity index is 1.82. The molecule has 138 valence electrons. The number of benzene rings is 3. The van der Waals surface area contributed by atoms with Crippen LogP contribution in [0.15, 0.2) is 82.7 Å². The molecule has 3 aromatic rings. The summed E-state index contributed by atoms with van der Waals surface area (Å²) < 4.78 is 32.8. The summed E-state index contributed by atoms with van der Waals surface area (Å²) in [5.74, 6) is 0.740. The van der Waals surface area contributed by atoms with Crippen molar-refractivity contribution in [3.8, 4) is 11.5 Å². The molecule has 0 aliphatic heterocycles. The van der Waals surface area contributed by atoms with E-state index in [4.69, 9.17) is 4.74 Å². The molecule has 7 heteroatoms. The number of anilines is 1. The van der Waals surface area contributed by atoms with E-state index in [2.05, 4.69) is 9.71 Å². The Kier molecular flexibility index (Phi) is 5.42. The van der Waals surface area contributed by atoms with E-state index in [0.717, 1.165) is 0 Å². The van der Waals surface area contributed by atoms with Gasteiger partial charge in [0.1, 0.15) is 11.5 Å². The third kappa shape index (κ3) is 4.65. The molecular formula is C20H18N2O4S. The number of nitrogens with zero attached hydrogens (tertiary/aromatic N) is 1. The maximum Gasteiger partial charge on any atom is 0.261 e. The Labute approximate surface area is 157 Å². The van der Waals surface area contributed by atoms with Crippen molar-refractivity contribution in [2.24, 2.45) is 4.99 Å². The Morgan fingerprint density at radius 2 is 1.74 bits per heavy atom. The van der Waals surface area contributed by atoms with Gasteiger partial charge in [-0.2, -0.15) is 0 Å². The SMILES string of the molecule is COc1ccc(NS(=O)(=O)c2cccc(N=Cc3ccccc3O)c2)cc1. The lowest BCUT2D eigenvalue weighted by Crippen LogP contribution is -2.12. The van der Waals surface area contributed by atoms with Gasteiger partial charge in [-0.1, -0.05) is 18.2 Å². The van der Waals surface area contributed by atoms with E-state index in [1.165, 1.54) is 18.3 Å². The normalized spacial score (nSPS) is 11.4. The highest BCUT2D eigenvalue weighted by Crippen LogP contribution is 2.23. The smallest absolute Gasteiger partial charge is 0.261 e. The second kappa shape index (κ2) is 7.92. The van der Waals surface area contributed by atoms with Gasteiger partial charge in [0.05, 0.1) is 17.7 Å². The van der Waals surface area contributed by atoms with Crippen LogP contribution in [0.3, 0.4) is 0 Å². The van der Waals surface area contributed by atoms with Crippen LogP contribution in [-0.2, 0) is 10.0 Å². The van der Waals surface area contributed by atoms with Crippen molar-refractivity contribution in [2.75, 3.05) is 11.8 Å². The van der Waals surface area contributed by atoms with Gasteiger partial charge in [0.15, 0.2) is 0 Å². The summed E-state index contributed by atoms with van der Waals surface area (Å²) >= 11 is 0. The van der Waals surface area contributed by atoms with Crippen molar-refractivity contribution in [3.63, 3.8) is 0 Å². The highest BCUT2D eigenvalue weighted by atomic mass is 32.2. The fraction of sp³-hybridized carbons (Fsp3) is 0.0500. The molecule has 0 heterocycles. The second-order valence-corrected chi connectivity index (χ2v) is 7.33. The number of aromatic hydroxyl groups is 1. The first-order valence-corrected chi connectivity index (χ1v) is 9.55. The van der Waals surface area contributed by atoms with Gasteiger partial charge in [-0.05, 0) is 54.6 Å². The average molecular weight is 382 g/mol. The molecule has 0 fully saturated rings. The Morgan fingerprint density at radius 3 is 2.44 bits per heavy atom. The summed E-state index contributed by atoms with van der Waals surface area (Å²) in [6.07, 6.45) is 1.48. The molecule has 3 rings (SSSR count). The molecule has 0 aliphatic carbocycles. The minimum atomic E-state index is -3.76. The lowest BCUT2D eigenvalue weighted by atomic mass is 10.2. The van der Waals surface area contributed by atoms with E-state index in [1.807, 2.05) is 0 Å². The number of sulfonamides is 1. The maximum atomic E-state index is 12.6. The summed E-state index contributed by atoms with van der Waals surface area (Å²) in [6, 6.07) is 19.6. The summed E-state index contributed by atoms with van der Waals surface area (Å²) in [5.41, 5.74) is 1.43. The third-order valence-electron chi connectivity index (χ3n) is 3.76. The monoisotopic (exact) mass is 382 g/mol. The van der Waals surface area contributed by atoms with Gasteiger partial charge >= 0.3 is 0 Å². The lowest BCUT2D eigenvalue weighted by Gasteiger charge is -2.09. The van der Waals surface area contributed by atoms with Crippen LogP contribution >= 0.6 is 0 Å². The van der Waals surface area contributed by atoms with Crippen LogP contribution in [0.1, 0.15) is 5.56 Å². The minimum absolute atomic E-state index is 0.0882. The molecule has 6 nitrogen and oxygen atoms in total. The van der Waals surface area contributed by atoms with Crippen molar-refractivity contribution in [2.45, 2.75) is 4.90 Å². The van der Waals surface area contributed by atoms with Crippen LogP contribution in [0.5, 0.6) is 11.5 Å². The van der Waals surface area contributed by atoms with E-state index in [9.17, 15) is 13.5 Å². The van der Waals surface area contributed by atoms with Crippen molar-refractivity contribution in [3.05, 3.63) is 78.4 Å². The standard InChI is InChI=1S/C20H18N2O4S/c1-26-18-11-9-16(10-12-18)22-27(24,25)19-7-4-6-17(13-19)21-14-15-5-2-3-8-20(15)23/h2-14,22-23H,1H3. The van der Waals surface area contributed by atoms with E-state index in [-0.39, 0.29) is 10.6 Å². The van der Waals surface area contributed by atoms with Crippen molar-refractivity contribution >= 4 is 27.6 Å². The molecule has 0 unspecified atom stereocenters. The molecule has 27 heavy (non-hydrogen) atoms. The maximum absolute atomic E-state index is 12.6. The van der Waals surface area contributed by atoms with Crippen LogP contribution < -0.4 is 9.46 Å². The van der Waals surface area contributed by atoms with Gasteiger partial charge in [-0.3, -0.25) is 9.71 Å². The number of phenols is 1. The quantitative estimate of drug-likeness (QED) is 0.632. The molecule has 3 aromatic carbocycles. The van der Waals surface area contributed by atoms with Gasteiger partial charge in [0, 0.05) is 17.5 Å². The van der Waals surface area contributed by atoms with Crippen molar-refractivity contribution in [1.29, 1.82) is 0 Å². The molecule has 0 saturated heterocycles. The molecule has 0 saturated carbocycles. The van der Waals surface area contributed by atoms with E-state index in [0.29, 0.717) is 22.7 Å². The number of para-hydroxylation sites is 1. The highest BCUT2D eigenvalue weighted by molar-refractivity contribution is 7.92. The molecule has 0 aliphatic rings. The van der Waals surface area contributed by atoms with Crippen LogP contribution in [0.4, 0.5) is 11.4 Å². The molecule has 0 bridgehead atoms. The zero-order chi connectivity index (χ0) is 19.3. The Bertz CT molecular complexity index is 1060. The van der Waals surface area contributed by atoms with Crippen molar-refractivity contribution in [1.82, 2.24) is 0 Å². The Hall–Kier alpha value is -3.32. The number of nitrogens with one attached hydrogen (secondary N) is 1. The van der Waals surface area contributed by atoms with Gasteiger partial charge in [0.25, 0.3) is 10.0 Å². The fourth-order valence-corrected chi connectivity index (χ4v) is 3.44. The van der Waals surface area contributed by atoms with Gasteiger partial charge < -0.3 is 9.84 Å². The number of rotatable bonds is 6. The number of hydrogen-bond donors (Lipinski definition) is 2. The molecule has 2 N–H and O–H groups in total. The topological polar surface area (TPSA) is 88.0 Å². The third-order valence-corrected chi connectivity index (χ3v) is 5.14. The van der Waals surface area contributed by atoms with E-state index >= 15 is 0 Å². The number of phenolic OH excluding ortho intramolecular Hbond substituents is 1. The molecule has 0 amide bonds. The summed E-state index contributed by atoms with van der Waals surface area (Å²) in [6.45, 7) is 0. The van der Waals surface area contributed by atoms with Crippen molar-refractivity contribution < 1.29 is 18.3 Å². The number of methoxy groups -OCH3 is 1. The second-order valence-electron chi connectivity index (χ2n) is 5.65. The molecule has 0 atom stereocenters. The average Bonchev–Trinajstić information content (AvgIpc) is 2.68. The van der Waals surface area contributed by atoms with Crippen LogP contribution in [-0.4, -0.2) is 26.8 Å². The minimum Gasteiger partial charge on any atom is -0.507 e. The first-order chi connectivity index (χ1) is 13.0. The fourth-order valence-electron chi connectivity index (χ4n) is 2.34. The summed E-state index contributed by atoms with van der Waals surface area (Å²) in [5, 5.41) is 9.77. The highest BCUT2D eigenvalue weighted by Gasteiger charge is 2.14. The largest absolute Gasteiger partial charge is 0.507 e. The van der Waals surface area contributed by atoms with Gasteiger partial charge in [-0.25, -0.2) is 8.42 Å². The molecule has 0 spiro atoms. The summed E-state index contributed by atoms with van der Waals surface area (Å²) in [7, 11) is -2.22. The molecular weight excluding hydrogens is 364 g/mol. The summed E-state index contributed by atoms with van der Waals surface area (Å²) in [4.78, 5) is 4.34. The predicted molar refractivity (Wildman–Crippen MR) is 106 cm³/mol. The zero-order valence-electron chi connectivity index (χ0n) is 14.5. The van der Waals surface area contributed by atoms with Crippen LogP contribution in [0.25, 0.3) is 0 Å². The lowest BCUT2D eigenvalue weighted by molar-refractivity contribution is 0.415.